The molecule has 1 atom stereocenters. The Balaban J connectivity index is 2.55. The molecular formula is C17H28N4O. The fourth-order valence-corrected chi connectivity index (χ4v) is 1.80. The molecule has 0 saturated heterocycles. The molecule has 1 unspecified atom stereocenters. The van der Waals surface area contributed by atoms with Crippen molar-refractivity contribution in [3.05, 3.63) is 35.4 Å². The predicted octanol–water partition coefficient (Wildman–Crippen LogP) is 2.15. The van der Waals surface area contributed by atoms with Gasteiger partial charge in [-0.2, -0.15) is 0 Å². The van der Waals surface area contributed by atoms with Gasteiger partial charge < -0.3 is 16.0 Å². The van der Waals surface area contributed by atoms with Crippen LogP contribution in [-0.2, 0) is 6.54 Å². The Labute approximate surface area is 133 Å². The van der Waals surface area contributed by atoms with Gasteiger partial charge in [-0.1, -0.05) is 26.0 Å². The SMILES string of the molecule is CCNC(=O)c1ccc(CNC(=NC)NC(C)C(C)C)cc1. The van der Waals surface area contributed by atoms with Gasteiger partial charge in [-0.3, -0.25) is 9.79 Å². The van der Waals surface area contributed by atoms with Crippen molar-refractivity contribution in [3.63, 3.8) is 0 Å². The molecule has 0 saturated carbocycles. The average molecular weight is 304 g/mol. The molecule has 5 nitrogen and oxygen atoms in total. The van der Waals surface area contributed by atoms with Gasteiger partial charge in [0.1, 0.15) is 0 Å². The molecule has 0 bridgehead atoms. The summed E-state index contributed by atoms with van der Waals surface area (Å²) < 4.78 is 0. The van der Waals surface area contributed by atoms with E-state index in [1.165, 1.54) is 0 Å². The number of nitrogens with zero attached hydrogens (tertiary/aromatic N) is 1. The molecule has 1 aromatic rings. The Bertz CT molecular complexity index is 494. The third kappa shape index (κ3) is 5.76. The number of carbonyl (C=O) groups excluding carboxylic acids is 1. The van der Waals surface area contributed by atoms with E-state index in [-0.39, 0.29) is 5.91 Å². The maximum Gasteiger partial charge on any atom is 0.251 e. The van der Waals surface area contributed by atoms with Gasteiger partial charge in [0.05, 0.1) is 0 Å². The third-order valence-corrected chi connectivity index (χ3v) is 3.60. The van der Waals surface area contributed by atoms with Gasteiger partial charge in [-0.05, 0) is 37.5 Å². The number of rotatable bonds is 6. The predicted molar refractivity (Wildman–Crippen MR) is 92.1 cm³/mol. The first-order chi connectivity index (χ1) is 10.5. The fourth-order valence-electron chi connectivity index (χ4n) is 1.80. The Morgan fingerprint density at radius 2 is 1.77 bits per heavy atom. The standard InChI is InChI=1S/C17H28N4O/c1-6-19-16(22)15-9-7-14(8-10-15)11-20-17(18-5)21-13(4)12(2)3/h7-10,12-13H,6,11H2,1-5H3,(H,19,22)(H2,18,20,21). The summed E-state index contributed by atoms with van der Waals surface area (Å²) in [5, 5.41) is 9.43. The first-order valence-electron chi connectivity index (χ1n) is 7.82. The highest BCUT2D eigenvalue weighted by Gasteiger charge is 2.09. The lowest BCUT2D eigenvalue weighted by Crippen LogP contribution is -2.43. The first-order valence-corrected chi connectivity index (χ1v) is 7.82. The highest BCUT2D eigenvalue weighted by molar-refractivity contribution is 5.94. The van der Waals surface area contributed by atoms with Crippen LogP contribution in [0.15, 0.2) is 29.3 Å². The molecule has 3 N–H and O–H groups in total. The lowest BCUT2D eigenvalue weighted by Gasteiger charge is -2.20. The van der Waals surface area contributed by atoms with E-state index < -0.39 is 0 Å². The first kappa shape index (κ1) is 18.0. The van der Waals surface area contributed by atoms with E-state index in [4.69, 9.17) is 0 Å². The molecule has 0 aromatic heterocycles. The van der Waals surface area contributed by atoms with Crippen molar-refractivity contribution in [3.8, 4) is 0 Å². The number of benzene rings is 1. The largest absolute Gasteiger partial charge is 0.354 e. The van der Waals surface area contributed by atoms with Gasteiger partial charge in [-0.15, -0.1) is 0 Å². The van der Waals surface area contributed by atoms with Crippen LogP contribution >= 0.6 is 0 Å². The maximum atomic E-state index is 11.7. The molecule has 0 fully saturated rings. The van der Waals surface area contributed by atoms with Crippen molar-refractivity contribution in [1.29, 1.82) is 0 Å². The van der Waals surface area contributed by atoms with Gasteiger partial charge in [0.25, 0.3) is 5.91 Å². The smallest absolute Gasteiger partial charge is 0.251 e. The zero-order chi connectivity index (χ0) is 16.5. The number of hydrogen-bond donors (Lipinski definition) is 3. The number of amides is 1. The summed E-state index contributed by atoms with van der Waals surface area (Å²) in [4.78, 5) is 15.9. The summed E-state index contributed by atoms with van der Waals surface area (Å²) in [6, 6.07) is 7.95. The maximum absolute atomic E-state index is 11.7. The zero-order valence-corrected chi connectivity index (χ0v) is 14.2. The average Bonchev–Trinajstić information content (AvgIpc) is 2.51. The molecule has 122 valence electrons. The number of hydrogen-bond acceptors (Lipinski definition) is 2. The second-order valence-corrected chi connectivity index (χ2v) is 5.66. The Morgan fingerprint density at radius 3 is 2.27 bits per heavy atom. The van der Waals surface area contributed by atoms with E-state index in [1.807, 2.05) is 31.2 Å². The van der Waals surface area contributed by atoms with Crippen LogP contribution in [0, 0.1) is 5.92 Å². The summed E-state index contributed by atoms with van der Waals surface area (Å²) in [7, 11) is 1.76. The minimum Gasteiger partial charge on any atom is -0.354 e. The molecule has 0 spiro atoms. The van der Waals surface area contributed by atoms with Crippen LogP contribution in [0.1, 0.15) is 43.6 Å². The van der Waals surface area contributed by atoms with E-state index in [2.05, 4.69) is 41.7 Å². The number of carbonyl (C=O) groups is 1. The molecule has 0 aliphatic heterocycles. The molecule has 0 radical (unpaired) electrons. The monoisotopic (exact) mass is 304 g/mol. The highest BCUT2D eigenvalue weighted by Crippen LogP contribution is 2.05. The third-order valence-electron chi connectivity index (χ3n) is 3.60. The van der Waals surface area contributed by atoms with Crippen LogP contribution in [0.25, 0.3) is 0 Å². The van der Waals surface area contributed by atoms with Crippen molar-refractivity contribution in [2.75, 3.05) is 13.6 Å². The van der Waals surface area contributed by atoms with Crippen molar-refractivity contribution in [2.45, 2.75) is 40.3 Å². The van der Waals surface area contributed by atoms with Crippen LogP contribution in [0.2, 0.25) is 0 Å². The van der Waals surface area contributed by atoms with E-state index in [0.29, 0.717) is 30.6 Å². The fraction of sp³-hybridized carbons (Fsp3) is 0.529. The summed E-state index contributed by atoms with van der Waals surface area (Å²) >= 11 is 0. The minimum absolute atomic E-state index is 0.0368. The lowest BCUT2D eigenvalue weighted by molar-refractivity contribution is 0.0956. The summed E-state index contributed by atoms with van der Waals surface area (Å²) in [6.45, 7) is 9.69. The van der Waals surface area contributed by atoms with Crippen LogP contribution in [0.5, 0.6) is 0 Å². The quantitative estimate of drug-likeness (QED) is 0.557. The van der Waals surface area contributed by atoms with Gasteiger partial charge >= 0.3 is 0 Å². The van der Waals surface area contributed by atoms with Gasteiger partial charge in [0, 0.05) is 31.7 Å². The van der Waals surface area contributed by atoms with Crippen molar-refractivity contribution in [1.82, 2.24) is 16.0 Å². The van der Waals surface area contributed by atoms with Crippen LogP contribution in [0.4, 0.5) is 0 Å². The molecule has 0 aliphatic carbocycles. The van der Waals surface area contributed by atoms with Gasteiger partial charge in [-0.25, -0.2) is 0 Å². The van der Waals surface area contributed by atoms with E-state index in [9.17, 15) is 4.79 Å². The number of aliphatic imine (C=N–C) groups is 1. The molecule has 0 heterocycles. The minimum atomic E-state index is -0.0368. The second-order valence-electron chi connectivity index (χ2n) is 5.66. The second kappa shape index (κ2) is 9.07. The molecule has 1 aromatic carbocycles. The number of guanidine groups is 1. The molecular weight excluding hydrogens is 276 g/mol. The van der Waals surface area contributed by atoms with Crippen molar-refractivity contribution >= 4 is 11.9 Å². The van der Waals surface area contributed by atoms with E-state index >= 15 is 0 Å². The van der Waals surface area contributed by atoms with Crippen LogP contribution in [-0.4, -0.2) is 31.5 Å². The van der Waals surface area contributed by atoms with Crippen LogP contribution in [0.3, 0.4) is 0 Å². The summed E-state index contributed by atoms with van der Waals surface area (Å²) in [5.41, 5.74) is 1.79. The summed E-state index contributed by atoms with van der Waals surface area (Å²) in [6.07, 6.45) is 0. The molecule has 1 rings (SSSR count). The molecule has 5 heteroatoms. The Morgan fingerprint density at radius 1 is 1.14 bits per heavy atom. The van der Waals surface area contributed by atoms with E-state index in [1.54, 1.807) is 7.05 Å². The van der Waals surface area contributed by atoms with Crippen LogP contribution < -0.4 is 16.0 Å². The van der Waals surface area contributed by atoms with Gasteiger partial charge in [0.15, 0.2) is 5.96 Å². The Kier molecular flexibility index (Phi) is 7.43. The van der Waals surface area contributed by atoms with Crippen molar-refractivity contribution < 1.29 is 4.79 Å². The van der Waals surface area contributed by atoms with E-state index in [0.717, 1.165) is 11.5 Å². The van der Waals surface area contributed by atoms with Crippen molar-refractivity contribution in [2.24, 2.45) is 10.9 Å². The molecule has 0 aliphatic rings. The Hall–Kier alpha value is -2.04. The zero-order valence-electron chi connectivity index (χ0n) is 14.2. The molecule has 22 heavy (non-hydrogen) atoms. The topological polar surface area (TPSA) is 65.5 Å². The number of nitrogens with one attached hydrogen (secondary N) is 3. The normalized spacial score (nSPS) is 12.9. The van der Waals surface area contributed by atoms with Gasteiger partial charge in [0.2, 0.25) is 0 Å². The molecule has 1 amide bonds. The lowest BCUT2D eigenvalue weighted by atomic mass is 10.1. The summed E-state index contributed by atoms with van der Waals surface area (Å²) in [5.74, 6) is 1.29. The highest BCUT2D eigenvalue weighted by atomic mass is 16.1.